The van der Waals surface area contributed by atoms with Crippen LogP contribution in [0.3, 0.4) is 0 Å². The van der Waals surface area contributed by atoms with Gasteiger partial charge in [-0.3, -0.25) is 0 Å². The van der Waals surface area contributed by atoms with Crippen molar-refractivity contribution in [3.63, 3.8) is 0 Å². The van der Waals surface area contributed by atoms with Crippen molar-refractivity contribution in [3.8, 4) is 0 Å². The molecule has 0 atom stereocenters. The van der Waals surface area contributed by atoms with Crippen LogP contribution in [0, 0.1) is 0 Å². The maximum atomic E-state index is 5.13. The predicted molar refractivity (Wildman–Crippen MR) is 67.6 cm³/mol. The van der Waals surface area contributed by atoms with Gasteiger partial charge in [0, 0.05) is 19.9 Å². The fraction of sp³-hybridized carbons (Fsp3) is 0.909. The molecule has 0 aromatic carbocycles. The number of nitrogens with zero attached hydrogens (tertiary/aromatic N) is 1. The highest BCUT2D eigenvalue weighted by Gasteiger charge is 2.19. The standard InChI is InChI=1S/C11H24N2S/c1-5-13(6-2,7-3)10-8-9-11(14)12-4/h5-10H2,1-4H3/p+1. The van der Waals surface area contributed by atoms with E-state index in [0.717, 1.165) is 11.4 Å². The molecule has 0 amide bonds. The van der Waals surface area contributed by atoms with Crippen molar-refractivity contribution in [1.82, 2.24) is 5.32 Å². The fourth-order valence-corrected chi connectivity index (χ4v) is 1.99. The highest BCUT2D eigenvalue weighted by molar-refractivity contribution is 7.80. The summed E-state index contributed by atoms with van der Waals surface area (Å²) in [5.74, 6) is 0. The van der Waals surface area contributed by atoms with Crippen LogP contribution >= 0.6 is 12.2 Å². The van der Waals surface area contributed by atoms with E-state index in [4.69, 9.17) is 12.2 Å². The van der Waals surface area contributed by atoms with Gasteiger partial charge in [0.05, 0.1) is 31.2 Å². The van der Waals surface area contributed by atoms with Crippen molar-refractivity contribution in [2.75, 3.05) is 33.2 Å². The molecule has 1 N–H and O–H groups in total. The van der Waals surface area contributed by atoms with Gasteiger partial charge in [0.25, 0.3) is 0 Å². The number of hydrogen-bond acceptors (Lipinski definition) is 1. The van der Waals surface area contributed by atoms with Crippen LogP contribution in [0.2, 0.25) is 0 Å². The molecule has 0 saturated carbocycles. The fourth-order valence-electron chi connectivity index (χ4n) is 1.85. The van der Waals surface area contributed by atoms with Crippen molar-refractivity contribution in [1.29, 1.82) is 0 Å². The summed E-state index contributed by atoms with van der Waals surface area (Å²) in [7, 11) is 1.91. The second-order valence-corrected chi connectivity index (χ2v) is 4.28. The number of nitrogens with one attached hydrogen (secondary N) is 1. The first-order chi connectivity index (χ1) is 6.64. The van der Waals surface area contributed by atoms with Crippen LogP contribution in [0.1, 0.15) is 33.6 Å². The average Bonchev–Trinajstić information content (AvgIpc) is 2.25. The van der Waals surface area contributed by atoms with Crippen LogP contribution in [-0.4, -0.2) is 42.7 Å². The quantitative estimate of drug-likeness (QED) is 0.518. The lowest BCUT2D eigenvalue weighted by molar-refractivity contribution is -0.923. The highest BCUT2D eigenvalue weighted by Crippen LogP contribution is 2.08. The van der Waals surface area contributed by atoms with E-state index in [0.29, 0.717) is 0 Å². The lowest BCUT2D eigenvalue weighted by Gasteiger charge is -2.35. The van der Waals surface area contributed by atoms with E-state index in [1.807, 2.05) is 7.05 Å². The third-order valence-corrected chi connectivity index (χ3v) is 3.74. The van der Waals surface area contributed by atoms with Gasteiger partial charge in [0.1, 0.15) is 0 Å². The van der Waals surface area contributed by atoms with Gasteiger partial charge in [-0.25, -0.2) is 0 Å². The molecule has 2 nitrogen and oxygen atoms in total. The maximum Gasteiger partial charge on any atom is 0.0790 e. The van der Waals surface area contributed by atoms with Gasteiger partial charge in [-0.2, -0.15) is 0 Å². The van der Waals surface area contributed by atoms with Crippen molar-refractivity contribution < 1.29 is 4.48 Å². The summed E-state index contributed by atoms with van der Waals surface area (Å²) in [4.78, 5) is 0.992. The van der Waals surface area contributed by atoms with Crippen molar-refractivity contribution in [2.24, 2.45) is 0 Å². The first-order valence-corrected chi connectivity index (χ1v) is 6.10. The Balaban J connectivity index is 3.88. The maximum absolute atomic E-state index is 5.13. The Morgan fingerprint density at radius 1 is 1.14 bits per heavy atom. The number of quaternary nitrogens is 1. The molecular weight excluding hydrogens is 192 g/mol. The van der Waals surface area contributed by atoms with Gasteiger partial charge >= 0.3 is 0 Å². The third-order valence-electron chi connectivity index (χ3n) is 3.33. The largest absolute Gasteiger partial charge is 0.383 e. The minimum Gasteiger partial charge on any atom is -0.383 e. The third kappa shape index (κ3) is 4.38. The Morgan fingerprint density at radius 2 is 1.64 bits per heavy atom. The van der Waals surface area contributed by atoms with Gasteiger partial charge in [0.2, 0.25) is 0 Å². The first-order valence-electron chi connectivity index (χ1n) is 5.69. The molecule has 0 saturated heterocycles. The Morgan fingerprint density at radius 3 is 2.00 bits per heavy atom. The summed E-state index contributed by atoms with van der Waals surface area (Å²) in [5.41, 5.74) is 0. The molecule has 0 aromatic heterocycles. The molecular formula is C11H25N2S+. The molecule has 0 bridgehead atoms. The van der Waals surface area contributed by atoms with Gasteiger partial charge in [-0.15, -0.1) is 0 Å². The van der Waals surface area contributed by atoms with E-state index in [1.54, 1.807) is 0 Å². The molecule has 0 heterocycles. The minimum atomic E-state index is 0.992. The summed E-state index contributed by atoms with van der Waals surface area (Å²) >= 11 is 5.13. The molecule has 3 heteroatoms. The highest BCUT2D eigenvalue weighted by atomic mass is 32.1. The molecule has 0 aliphatic carbocycles. The second-order valence-electron chi connectivity index (χ2n) is 3.79. The molecule has 0 aromatic rings. The molecule has 0 unspecified atom stereocenters. The Bertz CT molecular complexity index is 156. The van der Waals surface area contributed by atoms with Crippen molar-refractivity contribution in [2.45, 2.75) is 33.6 Å². The number of thiocarbonyl (C=S) groups is 1. The average molecular weight is 217 g/mol. The van der Waals surface area contributed by atoms with E-state index >= 15 is 0 Å². The molecule has 14 heavy (non-hydrogen) atoms. The number of hydrogen-bond donors (Lipinski definition) is 1. The van der Waals surface area contributed by atoms with Crippen LogP contribution in [0.15, 0.2) is 0 Å². The van der Waals surface area contributed by atoms with Crippen LogP contribution in [0.5, 0.6) is 0 Å². The summed E-state index contributed by atoms with van der Waals surface area (Å²) in [6.07, 6.45) is 2.24. The second kappa shape index (κ2) is 7.18. The molecule has 0 spiro atoms. The Kier molecular flexibility index (Phi) is 7.11. The lowest BCUT2D eigenvalue weighted by Crippen LogP contribution is -2.48. The minimum absolute atomic E-state index is 0.992. The van der Waals surface area contributed by atoms with Crippen LogP contribution in [0.4, 0.5) is 0 Å². The Labute approximate surface area is 94.3 Å². The van der Waals surface area contributed by atoms with Gasteiger partial charge < -0.3 is 9.80 Å². The van der Waals surface area contributed by atoms with Crippen molar-refractivity contribution in [3.05, 3.63) is 0 Å². The first kappa shape index (κ1) is 13.8. The van der Waals surface area contributed by atoms with E-state index in [1.165, 1.54) is 37.1 Å². The normalized spacial score (nSPS) is 11.4. The summed E-state index contributed by atoms with van der Waals surface area (Å²) in [5, 5.41) is 3.03. The zero-order chi connectivity index (χ0) is 11.0. The monoisotopic (exact) mass is 217 g/mol. The van der Waals surface area contributed by atoms with Crippen LogP contribution in [-0.2, 0) is 0 Å². The summed E-state index contributed by atoms with van der Waals surface area (Å²) < 4.78 is 1.23. The molecule has 0 aliphatic rings. The van der Waals surface area contributed by atoms with Gasteiger partial charge in [-0.05, 0) is 20.8 Å². The Hall–Kier alpha value is -0.150. The smallest absolute Gasteiger partial charge is 0.0790 e. The van der Waals surface area contributed by atoms with E-state index in [9.17, 15) is 0 Å². The van der Waals surface area contributed by atoms with E-state index in [2.05, 4.69) is 26.1 Å². The molecule has 84 valence electrons. The van der Waals surface area contributed by atoms with Crippen molar-refractivity contribution >= 4 is 17.2 Å². The lowest BCUT2D eigenvalue weighted by atomic mass is 10.2. The number of rotatable bonds is 7. The zero-order valence-corrected chi connectivity index (χ0v) is 10.9. The molecule has 0 aliphatic heterocycles. The molecule has 0 rings (SSSR count). The van der Waals surface area contributed by atoms with Crippen LogP contribution in [0.25, 0.3) is 0 Å². The molecule has 0 radical (unpaired) electrons. The van der Waals surface area contributed by atoms with E-state index < -0.39 is 0 Å². The summed E-state index contributed by atoms with van der Waals surface area (Å²) in [6, 6.07) is 0. The van der Waals surface area contributed by atoms with Gasteiger partial charge in [-0.1, -0.05) is 12.2 Å². The van der Waals surface area contributed by atoms with Gasteiger partial charge in [0.15, 0.2) is 0 Å². The topological polar surface area (TPSA) is 12.0 Å². The predicted octanol–water partition coefficient (Wildman–Crippen LogP) is 2.19. The molecule has 0 fully saturated rings. The van der Waals surface area contributed by atoms with Crippen LogP contribution < -0.4 is 5.32 Å². The SMILES string of the molecule is CC[N+](CC)(CC)CCCC(=S)NC. The summed E-state index contributed by atoms with van der Waals surface area (Å²) in [6.45, 7) is 11.8. The zero-order valence-electron chi connectivity index (χ0n) is 10.1. The van der Waals surface area contributed by atoms with E-state index in [-0.39, 0.29) is 0 Å².